The highest BCUT2D eigenvalue weighted by atomic mass is 32.2. The van der Waals surface area contributed by atoms with E-state index in [0.717, 1.165) is 6.26 Å². The van der Waals surface area contributed by atoms with Crippen molar-refractivity contribution in [1.29, 1.82) is 0 Å². The van der Waals surface area contributed by atoms with Crippen LogP contribution in [0.25, 0.3) is 0 Å². The van der Waals surface area contributed by atoms with Gasteiger partial charge >= 0.3 is 0 Å². The van der Waals surface area contributed by atoms with Crippen molar-refractivity contribution in [1.82, 2.24) is 5.32 Å². The second kappa shape index (κ2) is 7.42. The standard InChI is InChI=1S/C10H23NO5S2/c1-9(2)6-11-7-10(12)8-18(15,16)5-4-17(3,13)14/h9-12H,4-8H2,1-3H3. The fraction of sp³-hybridized carbons (Fsp3) is 1.00. The molecule has 0 saturated heterocycles. The largest absolute Gasteiger partial charge is 0.391 e. The molecule has 0 spiro atoms. The van der Waals surface area contributed by atoms with Gasteiger partial charge in [-0.25, -0.2) is 16.8 Å². The molecule has 0 aliphatic carbocycles. The average Bonchev–Trinajstić information content (AvgIpc) is 2.12. The first kappa shape index (κ1) is 17.8. The van der Waals surface area contributed by atoms with Crippen LogP contribution in [-0.2, 0) is 19.7 Å². The molecule has 110 valence electrons. The van der Waals surface area contributed by atoms with Gasteiger partial charge in [-0.2, -0.15) is 0 Å². The third-order valence-electron chi connectivity index (χ3n) is 2.14. The number of hydrogen-bond donors (Lipinski definition) is 2. The summed E-state index contributed by atoms with van der Waals surface area (Å²) in [5.41, 5.74) is 0. The predicted octanol–water partition coefficient (Wildman–Crippen LogP) is -0.948. The topological polar surface area (TPSA) is 101 Å². The molecule has 1 atom stereocenters. The molecule has 0 aliphatic rings. The molecule has 0 aromatic rings. The van der Waals surface area contributed by atoms with Crippen molar-refractivity contribution in [3.8, 4) is 0 Å². The first-order valence-electron chi connectivity index (χ1n) is 5.79. The molecule has 0 fully saturated rings. The van der Waals surface area contributed by atoms with E-state index in [-0.39, 0.29) is 6.54 Å². The van der Waals surface area contributed by atoms with Gasteiger partial charge < -0.3 is 10.4 Å². The summed E-state index contributed by atoms with van der Waals surface area (Å²) in [4.78, 5) is 0. The summed E-state index contributed by atoms with van der Waals surface area (Å²) < 4.78 is 44.8. The van der Waals surface area contributed by atoms with E-state index in [0.29, 0.717) is 12.5 Å². The number of rotatable bonds is 9. The van der Waals surface area contributed by atoms with Crippen LogP contribution in [0.1, 0.15) is 13.8 Å². The Bertz CT molecular complexity index is 427. The first-order chi connectivity index (χ1) is 8.02. The molecule has 0 radical (unpaired) electrons. The minimum Gasteiger partial charge on any atom is -0.391 e. The third-order valence-corrected chi connectivity index (χ3v) is 5.07. The second-order valence-electron chi connectivity index (χ2n) is 4.95. The molecule has 0 aliphatic heterocycles. The van der Waals surface area contributed by atoms with Gasteiger partial charge in [-0.05, 0) is 12.5 Å². The van der Waals surface area contributed by atoms with Gasteiger partial charge in [-0.1, -0.05) is 13.8 Å². The van der Waals surface area contributed by atoms with Crippen LogP contribution in [0.3, 0.4) is 0 Å². The molecule has 0 amide bonds. The van der Waals surface area contributed by atoms with Crippen molar-refractivity contribution in [2.45, 2.75) is 20.0 Å². The number of aliphatic hydroxyl groups excluding tert-OH is 1. The Hall–Kier alpha value is -0.180. The maximum Gasteiger partial charge on any atom is 0.153 e. The van der Waals surface area contributed by atoms with Gasteiger partial charge in [0.05, 0.1) is 23.4 Å². The van der Waals surface area contributed by atoms with E-state index in [2.05, 4.69) is 5.32 Å². The van der Waals surface area contributed by atoms with E-state index >= 15 is 0 Å². The normalized spacial score (nSPS) is 14.9. The van der Waals surface area contributed by atoms with Crippen LogP contribution in [0.15, 0.2) is 0 Å². The zero-order valence-corrected chi connectivity index (χ0v) is 12.7. The smallest absolute Gasteiger partial charge is 0.153 e. The van der Waals surface area contributed by atoms with Gasteiger partial charge in [0.1, 0.15) is 9.84 Å². The molecule has 0 aromatic heterocycles. The quantitative estimate of drug-likeness (QED) is 0.569. The average molecular weight is 301 g/mol. The van der Waals surface area contributed by atoms with Gasteiger partial charge in [0, 0.05) is 12.8 Å². The van der Waals surface area contributed by atoms with Gasteiger partial charge in [0.15, 0.2) is 9.84 Å². The van der Waals surface area contributed by atoms with Crippen molar-refractivity contribution in [2.75, 3.05) is 36.6 Å². The second-order valence-corrected chi connectivity index (χ2v) is 9.44. The zero-order chi connectivity index (χ0) is 14.4. The lowest BCUT2D eigenvalue weighted by atomic mass is 10.2. The number of aliphatic hydroxyl groups is 1. The Morgan fingerprint density at radius 3 is 2.06 bits per heavy atom. The number of sulfone groups is 2. The Morgan fingerprint density at radius 1 is 1.06 bits per heavy atom. The molecule has 0 heterocycles. The Balaban J connectivity index is 4.08. The highest BCUT2D eigenvalue weighted by Crippen LogP contribution is 1.98. The highest BCUT2D eigenvalue weighted by Gasteiger charge is 2.19. The minimum absolute atomic E-state index is 0.191. The first-order valence-corrected chi connectivity index (χ1v) is 9.67. The zero-order valence-electron chi connectivity index (χ0n) is 11.1. The summed E-state index contributed by atoms with van der Waals surface area (Å²) in [5.74, 6) is -0.832. The van der Waals surface area contributed by atoms with Crippen LogP contribution in [0, 0.1) is 5.92 Å². The molecule has 2 N–H and O–H groups in total. The highest BCUT2D eigenvalue weighted by molar-refractivity contribution is 7.94. The van der Waals surface area contributed by atoms with Crippen molar-refractivity contribution in [3.05, 3.63) is 0 Å². The fourth-order valence-electron chi connectivity index (χ4n) is 1.25. The maximum atomic E-state index is 11.5. The van der Waals surface area contributed by atoms with E-state index in [9.17, 15) is 21.9 Å². The van der Waals surface area contributed by atoms with Crippen LogP contribution in [0.2, 0.25) is 0 Å². The molecule has 18 heavy (non-hydrogen) atoms. The predicted molar refractivity (Wildman–Crippen MR) is 72.1 cm³/mol. The van der Waals surface area contributed by atoms with Crippen LogP contribution in [0.4, 0.5) is 0 Å². The van der Waals surface area contributed by atoms with Gasteiger partial charge in [-0.3, -0.25) is 0 Å². The van der Waals surface area contributed by atoms with Crippen LogP contribution in [0.5, 0.6) is 0 Å². The molecule has 0 bridgehead atoms. The monoisotopic (exact) mass is 301 g/mol. The SMILES string of the molecule is CC(C)CNCC(O)CS(=O)(=O)CCS(C)(=O)=O. The molecule has 1 unspecified atom stereocenters. The lowest BCUT2D eigenvalue weighted by molar-refractivity contribution is 0.192. The van der Waals surface area contributed by atoms with Gasteiger partial charge in [-0.15, -0.1) is 0 Å². The Morgan fingerprint density at radius 2 is 1.61 bits per heavy atom. The molecule has 0 saturated carbocycles. The number of hydrogen-bond acceptors (Lipinski definition) is 6. The van der Waals surface area contributed by atoms with E-state index in [4.69, 9.17) is 0 Å². The third kappa shape index (κ3) is 10.9. The van der Waals surface area contributed by atoms with Crippen molar-refractivity contribution in [2.24, 2.45) is 5.92 Å². The Labute approximate surface area is 110 Å². The van der Waals surface area contributed by atoms with Crippen molar-refractivity contribution in [3.63, 3.8) is 0 Å². The van der Waals surface area contributed by atoms with E-state index in [1.807, 2.05) is 13.8 Å². The summed E-state index contributed by atoms with van der Waals surface area (Å²) >= 11 is 0. The van der Waals surface area contributed by atoms with Gasteiger partial charge in [0.25, 0.3) is 0 Å². The fourth-order valence-corrected chi connectivity index (χ4v) is 4.35. The lowest BCUT2D eigenvalue weighted by Crippen LogP contribution is -2.35. The molecular formula is C10H23NO5S2. The molecular weight excluding hydrogens is 278 g/mol. The Kier molecular flexibility index (Phi) is 7.34. The summed E-state index contributed by atoms with van der Waals surface area (Å²) in [7, 11) is -6.83. The van der Waals surface area contributed by atoms with E-state index in [1.165, 1.54) is 0 Å². The van der Waals surface area contributed by atoms with E-state index < -0.39 is 43.0 Å². The molecule has 8 heteroatoms. The van der Waals surface area contributed by atoms with Gasteiger partial charge in [0.2, 0.25) is 0 Å². The summed E-state index contributed by atoms with van der Waals surface area (Å²) in [5, 5.41) is 12.5. The molecule has 0 rings (SSSR count). The minimum atomic E-state index is -3.53. The van der Waals surface area contributed by atoms with E-state index in [1.54, 1.807) is 0 Å². The van der Waals surface area contributed by atoms with Crippen LogP contribution < -0.4 is 5.32 Å². The van der Waals surface area contributed by atoms with Crippen molar-refractivity contribution >= 4 is 19.7 Å². The lowest BCUT2D eigenvalue weighted by Gasteiger charge is -2.13. The van der Waals surface area contributed by atoms with Crippen molar-refractivity contribution < 1.29 is 21.9 Å². The molecule has 0 aromatic carbocycles. The maximum absolute atomic E-state index is 11.5. The summed E-state index contributed by atoms with van der Waals surface area (Å²) in [6.45, 7) is 4.89. The van der Waals surface area contributed by atoms with Crippen LogP contribution >= 0.6 is 0 Å². The summed E-state index contributed by atoms with van der Waals surface area (Å²) in [6.07, 6.45) is -0.0170. The van der Waals surface area contributed by atoms with Crippen LogP contribution in [-0.4, -0.2) is 64.6 Å². The number of nitrogens with one attached hydrogen (secondary N) is 1. The molecule has 6 nitrogen and oxygen atoms in total. The summed E-state index contributed by atoms with van der Waals surface area (Å²) in [6, 6.07) is 0.